The molecule has 72 valence electrons. The molecule has 0 aliphatic carbocycles. The van der Waals surface area contributed by atoms with E-state index < -0.39 is 10.1 Å². The van der Waals surface area contributed by atoms with Crippen molar-refractivity contribution in [3.05, 3.63) is 43.2 Å². The van der Waals surface area contributed by atoms with Gasteiger partial charge in [-0.15, -0.1) is 0 Å². The normalized spacial score (nSPS) is 9.00. The quantitative estimate of drug-likeness (QED) is 0.441. The maximum Gasteiger partial charge on any atom is 1.00 e. The van der Waals surface area contributed by atoms with Crippen LogP contribution < -0.4 is 29.6 Å². The Bertz CT molecular complexity index is 350. The second-order valence-electron chi connectivity index (χ2n) is 1.92. The molecule has 0 fully saturated rings. The van der Waals surface area contributed by atoms with Crippen molar-refractivity contribution in [3.8, 4) is 0 Å². The standard InChI is InChI=1S/C6H6O3S.C2H3F.Na/c7-10(8,9)6-4-2-1-3-5-6;1-2-3;/h1-5H,(H,7,8,9);2H,1H2;/q;;+1/p-1. The third-order valence-corrected chi connectivity index (χ3v) is 1.88. The summed E-state index contributed by atoms with van der Waals surface area (Å²) >= 11 is 0. The minimum Gasteiger partial charge on any atom is -0.744 e. The van der Waals surface area contributed by atoms with Crippen molar-refractivity contribution in [2.45, 2.75) is 4.90 Å². The van der Waals surface area contributed by atoms with E-state index in [4.69, 9.17) is 0 Å². The molecule has 0 heterocycles. The van der Waals surface area contributed by atoms with Crippen molar-refractivity contribution in [3.63, 3.8) is 0 Å². The Morgan fingerprint density at radius 3 is 1.86 bits per heavy atom. The van der Waals surface area contributed by atoms with Gasteiger partial charge in [-0.1, -0.05) is 24.8 Å². The van der Waals surface area contributed by atoms with Gasteiger partial charge in [0.25, 0.3) is 0 Å². The van der Waals surface area contributed by atoms with Gasteiger partial charge in [0, 0.05) is 0 Å². The molecule has 1 aromatic carbocycles. The molecule has 3 nitrogen and oxygen atoms in total. The van der Waals surface area contributed by atoms with Crippen molar-refractivity contribution in [1.29, 1.82) is 0 Å². The van der Waals surface area contributed by atoms with E-state index in [2.05, 4.69) is 6.58 Å². The van der Waals surface area contributed by atoms with Gasteiger partial charge in [0.15, 0.2) is 0 Å². The van der Waals surface area contributed by atoms with Gasteiger partial charge >= 0.3 is 29.6 Å². The zero-order valence-corrected chi connectivity index (χ0v) is 10.5. The molecule has 14 heavy (non-hydrogen) atoms. The summed E-state index contributed by atoms with van der Waals surface area (Å²) in [6, 6.07) is 7.19. The van der Waals surface area contributed by atoms with Crippen molar-refractivity contribution in [1.82, 2.24) is 0 Å². The van der Waals surface area contributed by atoms with Gasteiger partial charge in [-0.3, -0.25) is 0 Å². The molecular weight excluding hydrogens is 218 g/mol. The molecular formula is C8H8FNaO3S. The minimum atomic E-state index is -4.25. The van der Waals surface area contributed by atoms with E-state index in [0.29, 0.717) is 0 Å². The molecule has 0 radical (unpaired) electrons. The van der Waals surface area contributed by atoms with E-state index in [0.717, 1.165) is 0 Å². The second-order valence-corrected chi connectivity index (χ2v) is 3.30. The predicted molar refractivity (Wildman–Crippen MR) is 45.7 cm³/mol. The van der Waals surface area contributed by atoms with Crippen LogP contribution in [0.15, 0.2) is 48.1 Å². The number of rotatable bonds is 1. The molecule has 0 aliphatic rings. The number of halogens is 1. The molecule has 1 aromatic rings. The molecule has 0 unspecified atom stereocenters. The number of benzene rings is 1. The maximum atomic E-state index is 10.3. The molecule has 0 aromatic heterocycles. The van der Waals surface area contributed by atoms with Crippen molar-refractivity contribution in [2.75, 3.05) is 0 Å². The molecule has 6 heteroatoms. The van der Waals surface area contributed by atoms with Crippen molar-refractivity contribution < 1.29 is 46.9 Å². The Morgan fingerprint density at radius 1 is 1.29 bits per heavy atom. The fourth-order valence-corrected chi connectivity index (χ4v) is 1.08. The van der Waals surface area contributed by atoms with E-state index in [1.165, 1.54) is 24.3 Å². The van der Waals surface area contributed by atoms with Crippen LogP contribution in [0.5, 0.6) is 0 Å². The summed E-state index contributed by atoms with van der Waals surface area (Å²) in [5.74, 6) is 0. The first kappa shape index (κ1) is 16.2. The van der Waals surface area contributed by atoms with Crippen LogP contribution in [0.3, 0.4) is 0 Å². The zero-order valence-electron chi connectivity index (χ0n) is 7.68. The molecule has 0 saturated carbocycles. The van der Waals surface area contributed by atoms with E-state index in [1.54, 1.807) is 6.07 Å². The molecule has 0 atom stereocenters. The zero-order chi connectivity index (χ0) is 10.3. The molecule has 0 spiro atoms. The maximum absolute atomic E-state index is 10.3. The van der Waals surface area contributed by atoms with Crippen LogP contribution in [0.1, 0.15) is 0 Å². The van der Waals surface area contributed by atoms with Crippen LogP contribution >= 0.6 is 0 Å². The van der Waals surface area contributed by atoms with Gasteiger partial charge in [0.1, 0.15) is 10.1 Å². The minimum absolute atomic E-state index is 0. The van der Waals surface area contributed by atoms with E-state index in [-0.39, 0.29) is 40.8 Å². The van der Waals surface area contributed by atoms with Crippen molar-refractivity contribution in [2.24, 2.45) is 0 Å². The van der Waals surface area contributed by atoms with E-state index in [9.17, 15) is 17.4 Å². The smallest absolute Gasteiger partial charge is 0.744 e. The average molecular weight is 226 g/mol. The summed E-state index contributed by atoms with van der Waals surface area (Å²) in [4.78, 5) is -0.185. The predicted octanol–water partition coefficient (Wildman–Crippen LogP) is -1.31. The first-order valence-corrected chi connectivity index (χ1v) is 4.65. The topological polar surface area (TPSA) is 57.2 Å². The fourth-order valence-electron chi connectivity index (χ4n) is 0.587. The largest absolute Gasteiger partial charge is 1.00 e. The summed E-state index contributed by atoms with van der Waals surface area (Å²) in [5, 5.41) is 0. The fraction of sp³-hybridized carbons (Fsp3) is 0. The Balaban J connectivity index is 0. The van der Waals surface area contributed by atoms with Crippen molar-refractivity contribution >= 4 is 10.1 Å². The van der Waals surface area contributed by atoms with Crippen LogP contribution in [0.2, 0.25) is 0 Å². The van der Waals surface area contributed by atoms with Crippen LogP contribution in [0.4, 0.5) is 4.39 Å². The monoisotopic (exact) mass is 226 g/mol. The number of hydrogen-bond donors (Lipinski definition) is 0. The SMILES string of the molecule is C=CF.O=S(=O)([O-])c1ccccc1.[Na+]. The first-order chi connectivity index (χ1) is 6.02. The van der Waals surface area contributed by atoms with Crippen LogP contribution in [0.25, 0.3) is 0 Å². The molecule has 0 bridgehead atoms. The van der Waals surface area contributed by atoms with Crippen LogP contribution in [-0.4, -0.2) is 13.0 Å². The Kier molecular flexibility index (Phi) is 9.44. The summed E-state index contributed by atoms with van der Waals surface area (Å²) in [6.45, 7) is 2.69. The van der Waals surface area contributed by atoms with Gasteiger partial charge in [-0.25, -0.2) is 12.8 Å². The molecule has 0 aliphatic heterocycles. The Morgan fingerprint density at radius 2 is 1.64 bits per heavy atom. The third kappa shape index (κ3) is 7.23. The van der Waals surface area contributed by atoms with E-state index in [1.807, 2.05) is 0 Å². The average Bonchev–Trinajstić information content (AvgIpc) is 2.06. The van der Waals surface area contributed by atoms with Crippen LogP contribution in [-0.2, 0) is 10.1 Å². The molecule has 0 N–H and O–H groups in total. The molecule has 1 rings (SSSR count). The Labute approximate surface area is 105 Å². The number of hydrogen-bond acceptors (Lipinski definition) is 3. The van der Waals surface area contributed by atoms with Gasteiger partial charge in [-0.05, 0) is 12.1 Å². The molecule has 0 saturated heterocycles. The van der Waals surface area contributed by atoms with Gasteiger partial charge < -0.3 is 4.55 Å². The van der Waals surface area contributed by atoms with Crippen LogP contribution in [0, 0.1) is 0 Å². The second kappa shape index (κ2) is 8.14. The summed E-state index contributed by atoms with van der Waals surface area (Å²) in [5.41, 5.74) is 0. The van der Waals surface area contributed by atoms with Gasteiger partial charge in [-0.2, -0.15) is 0 Å². The third-order valence-electron chi connectivity index (χ3n) is 1.03. The summed E-state index contributed by atoms with van der Waals surface area (Å²) < 4.78 is 40.9. The van der Waals surface area contributed by atoms with E-state index >= 15 is 0 Å². The van der Waals surface area contributed by atoms with Gasteiger partial charge in [0.2, 0.25) is 0 Å². The summed E-state index contributed by atoms with van der Waals surface area (Å²) in [6.07, 6.45) is 0.250. The first-order valence-electron chi connectivity index (χ1n) is 3.24. The Hall–Kier alpha value is -0.200. The van der Waals surface area contributed by atoms with Gasteiger partial charge in [0.05, 0.1) is 11.2 Å². The molecule has 0 amide bonds. The summed E-state index contributed by atoms with van der Waals surface area (Å²) in [7, 11) is -4.25.